The van der Waals surface area contributed by atoms with Crippen LogP contribution in [0.5, 0.6) is 0 Å². The first-order valence-electron chi connectivity index (χ1n) is 9.16. The highest BCUT2D eigenvalue weighted by Crippen LogP contribution is 2.29. The van der Waals surface area contributed by atoms with E-state index in [9.17, 15) is 9.90 Å². The van der Waals surface area contributed by atoms with Crippen molar-refractivity contribution in [3.8, 4) is 0 Å². The molecule has 0 bridgehead atoms. The maximum absolute atomic E-state index is 11.5. The van der Waals surface area contributed by atoms with Gasteiger partial charge in [-0.05, 0) is 42.8 Å². The largest absolute Gasteiger partial charge is 0.481 e. The smallest absolute Gasteiger partial charge is 0.308 e. The predicted molar refractivity (Wildman–Crippen MR) is 117 cm³/mol. The van der Waals surface area contributed by atoms with Crippen LogP contribution in [-0.2, 0) is 11.3 Å². The Kier molecular flexibility index (Phi) is 5.61. The summed E-state index contributed by atoms with van der Waals surface area (Å²) in [7, 11) is 0. The maximum Gasteiger partial charge on any atom is 0.308 e. The summed E-state index contributed by atoms with van der Waals surface area (Å²) in [6.07, 6.45) is 1.42. The Balaban J connectivity index is 1.73. The molecule has 6 nitrogen and oxygen atoms in total. The number of carboxylic acid groups (broad SMARTS) is 1. The molecule has 2 heterocycles. The maximum atomic E-state index is 11.5. The zero-order chi connectivity index (χ0) is 21.3. The molecule has 0 radical (unpaired) electrons. The molecule has 0 aliphatic carbocycles. The van der Waals surface area contributed by atoms with Crippen molar-refractivity contribution < 1.29 is 14.3 Å². The van der Waals surface area contributed by atoms with E-state index in [1.807, 2.05) is 37.3 Å². The Hall–Kier alpha value is -3.09. The number of hydrogen-bond donors (Lipinski definition) is 1. The minimum Gasteiger partial charge on any atom is -0.481 e. The number of fused-ring (bicyclic) bond motifs is 1. The van der Waals surface area contributed by atoms with Gasteiger partial charge in [0.15, 0.2) is 5.58 Å². The third-order valence-electron chi connectivity index (χ3n) is 4.58. The van der Waals surface area contributed by atoms with E-state index >= 15 is 0 Å². The van der Waals surface area contributed by atoms with Crippen molar-refractivity contribution in [2.45, 2.75) is 19.9 Å². The van der Waals surface area contributed by atoms with Crippen molar-refractivity contribution in [1.29, 1.82) is 0 Å². The lowest BCUT2D eigenvalue weighted by Crippen LogP contribution is -2.02. The molecule has 0 unspecified atom stereocenters. The second-order valence-corrected chi connectivity index (χ2v) is 7.60. The normalized spacial score (nSPS) is 11.9. The van der Waals surface area contributed by atoms with E-state index < -0.39 is 5.97 Å². The number of halogens is 2. The summed E-state index contributed by atoms with van der Waals surface area (Å²) in [5, 5.41) is 14.9. The second-order valence-electron chi connectivity index (χ2n) is 6.80. The molecule has 0 amide bonds. The predicted octanol–water partition coefficient (Wildman–Crippen LogP) is 5.70. The fourth-order valence-electron chi connectivity index (χ4n) is 3.13. The summed E-state index contributed by atoms with van der Waals surface area (Å²) >= 11 is 12.5. The number of rotatable bonds is 6. The Labute approximate surface area is 182 Å². The van der Waals surface area contributed by atoms with Crippen molar-refractivity contribution in [3.05, 3.63) is 81.4 Å². The molecular formula is C22H17Cl2N3O3. The van der Waals surface area contributed by atoms with E-state index in [0.29, 0.717) is 44.7 Å². The number of benzene rings is 2. The van der Waals surface area contributed by atoms with Crippen molar-refractivity contribution in [2.75, 3.05) is 0 Å². The molecule has 0 atom stereocenters. The van der Waals surface area contributed by atoms with Gasteiger partial charge in [-0.2, -0.15) is 5.10 Å². The first-order valence-corrected chi connectivity index (χ1v) is 9.92. The Bertz CT molecular complexity index is 1220. The molecule has 30 heavy (non-hydrogen) atoms. The second kappa shape index (κ2) is 8.34. The van der Waals surface area contributed by atoms with Crippen LogP contribution < -0.4 is 0 Å². The number of carbonyl (C=O) groups is 1. The van der Waals surface area contributed by atoms with Gasteiger partial charge in [0.05, 0.1) is 18.7 Å². The first-order chi connectivity index (χ1) is 14.4. The summed E-state index contributed by atoms with van der Waals surface area (Å²) in [6, 6.07) is 14.7. The third kappa shape index (κ3) is 4.25. The van der Waals surface area contributed by atoms with Gasteiger partial charge in [-0.15, -0.1) is 0 Å². The molecule has 0 fully saturated rings. The molecule has 0 saturated carbocycles. The van der Waals surface area contributed by atoms with Gasteiger partial charge >= 0.3 is 5.97 Å². The minimum atomic E-state index is -0.995. The number of nitrogens with zero attached hydrogens (tertiary/aromatic N) is 3. The standard InChI is InChI=1S/C22H17Cl2N3O3/c1-13-17(21(24)27(26-13)12-14-6-8-16(23)9-7-14)10-15(11-20(28)29)22-25-18-4-2-3-5-19(18)30-22/h2-10H,11-12H2,1H3,(H,28,29)/b15-10+. The zero-order valence-corrected chi connectivity index (χ0v) is 17.5. The van der Waals surface area contributed by atoms with Crippen LogP contribution in [0.15, 0.2) is 52.9 Å². The molecule has 4 rings (SSSR count). The van der Waals surface area contributed by atoms with E-state index in [-0.39, 0.29) is 12.3 Å². The Morgan fingerprint density at radius 2 is 1.90 bits per heavy atom. The van der Waals surface area contributed by atoms with Gasteiger partial charge in [0.2, 0.25) is 5.89 Å². The lowest BCUT2D eigenvalue weighted by Gasteiger charge is -2.04. The first kappa shape index (κ1) is 20.2. The highest BCUT2D eigenvalue weighted by Gasteiger charge is 2.18. The molecule has 152 valence electrons. The molecule has 8 heteroatoms. The number of para-hydroxylation sites is 2. The monoisotopic (exact) mass is 441 g/mol. The average Bonchev–Trinajstić information content (AvgIpc) is 3.25. The van der Waals surface area contributed by atoms with Gasteiger partial charge in [0, 0.05) is 16.2 Å². The SMILES string of the molecule is Cc1nn(Cc2ccc(Cl)cc2)c(Cl)c1/C=C(\CC(=O)O)c1nc2ccccc2o1. The van der Waals surface area contributed by atoms with Crippen LogP contribution in [0, 0.1) is 6.92 Å². The van der Waals surface area contributed by atoms with Gasteiger partial charge in [0.25, 0.3) is 0 Å². The van der Waals surface area contributed by atoms with Crippen LogP contribution in [0.4, 0.5) is 0 Å². The molecule has 1 N–H and O–H groups in total. The zero-order valence-electron chi connectivity index (χ0n) is 16.0. The van der Waals surface area contributed by atoms with E-state index in [0.717, 1.165) is 5.56 Å². The van der Waals surface area contributed by atoms with Crippen LogP contribution in [0.1, 0.15) is 29.1 Å². The number of carboxylic acids is 1. The molecule has 2 aromatic heterocycles. The molecular weight excluding hydrogens is 425 g/mol. The summed E-state index contributed by atoms with van der Waals surface area (Å²) in [5.41, 5.74) is 3.95. The van der Waals surface area contributed by atoms with E-state index in [1.54, 1.807) is 29.0 Å². The summed E-state index contributed by atoms with van der Waals surface area (Å²) in [4.78, 5) is 15.9. The highest BCUT2D eigenvalue weighted by atomic mass is 35.5. The fourth-order valence-corrected chi connectivity index (χ4v) is 3.55. The summed E-state index contributed by atoms with van der Waals surface area (Å²) in [5.74, 6) is -0.745. The number of aryl methyl sites for hydroxylation is 1. The number of aromatic nitrogens is 3. The number of hydrogen-bond acceptors (Lipinski definition) is 4. The Morgan fingerprint density at radius 3 is 2.60 bits per heavy atom. The summed E-state index contributed by atoms with van der Waals surface area (Å²) in [6.45, 7) is 2.28. The minimum absolute atomic E-state index is 0.250. The van der Waals surface area contributed by atoms with Crippen LogP contribution >= 0.6 is 23.2 Å². The fraction of sp³-hybridized carbons (Fsp3) is 0.136. The van der Waals surface area contributed by atoms with Gasteiger partial charge in [-0.1, -0.05) is 47.5 Å². The number of oxazole rings is 1. The van der Waals surface area contributed by atoms with Crippen LogP contribution in [0.25, 0.3) is 22.7 Å². The summed E-state index contributed by atoms with van der Waals surface area (Å²) < 4.78 is 7.43. The van der Waals surface area contributed by atoms with Gasteiger partial charge < -0.3 is 9.52 Å². The van der Waals surface area contributed by atoms with E-state index in [1.165, 1.54) is 0 Å². The highest BCUT2D eigenvalue weighted by molar-refractivity contribution is 6.31. The molecule has 0 aliphatic heterocycles. The van der Waals surface area contributed by atoms with Crippen molar-refractivity contribution in [2.24, 2.45) is 0 Å². The average molecular weight is 442 g/mol. The molecule has 4 aromatic rings. The van der Waals surface area contributed by atoms with Gasteiger partial charge in [0.1, 0.15) is 10.7 Å². The quantitative estimate of drug-likeness (QED) is 0.414. The lowest BCUT2D eigenvalue weighted by atomic mass is 10.1. The molecule has 0 saturated heterocycles. The molecule has 2 aromatic carbocycles. The number of aliphatic carboxylic acids is 1. The van der Waals surface area contributed by atoms with Crippen LogP contribution in [0.2, 0.25) is 10.2 Å². The van der Waals surface area contributed by atoms with Crippen molar-refractivity contribution in [3.63, 3.8) is 0 Å². The molecule has 0 aliphatic rings. The van der Waals surface area contributed by atoms with E-state index in [4.69, 9.17) is 27.6 Å². The Morgan fingerprint density at radius 1 is 1.17 bits per heavy atom. The lowest BCUT2D eigenvalue weighted by molar-refractivity contribution is -0.135. The van der Waals surface area contributed by atoms with Crippen LogP contribution in [0.3, 0.4) is 0 Å². The van der Waals surface area contributed by atoms with E-state index in [2.05, 4.69) is 10.1 Å². The van der Waals surface area contributed by atoms with Crippen molar-refractivity contribution >= 4 is 51.9 Å². The van der Waals surface area contributed by atoms with Crippen molar-refractivity contribution in [1.82, 2.24) is 14.8 Å². The van der Waals surface area contributed by atoms with Gasteiger partial charge in [-0.3, -0.25) is 4.79 Å². The topological polar surface area (TPSA) is 81.2 Å². The molecule has 0 spiro atoms. The van der Waals surface area contributed by atoms with Crippen LogP contribution in [-0.4, -0.2) is 25.8 Å². The van der Waals surface area contributed by atoms with Gasteiger partial charge in [-0.25, -0.2) is 9.67 Å². The third-order valence-corrected chi connectivity index (χ3v) is 5.23.